The highest BCUT2D eigenvalue weighted by Crippen LogP contribution is 1.85. The monoisotopic (exact) mass is 151 g/mol. The summed E-state index contributed by atoms with van der Waals surface area (Å²) in [6.45, 7) is 0. The molecule has 0 aliphatic carbocycles. The Morgan fingerprint density at radius 3 is 2.33 bits per heavy atom. The predicted octanol–water partition coefficient (Wildman–Crippen LogP) is -1.14. The van der Waals surface area contributed by atoms with Gasteiger partial charge in [-0.1, -0.05) is 0 Å². The minimum Gasteiger partial charge on any atom is -0.370 e. The number of hydrogen-bond donors (Lipinski definition) is 2. The molecular formula is C4H9NO3S. The molecule has 0 rings (SSSR count). The van der Waals surface area contributed by atoms with E-state index in [4.69, 9.17) is 5.73 Å². The topological polar surface area (TPSA) is 77.2 Å². The lowest BCUT2D eigenvalue weighted by molar-refractivity contribution is -0.118. The average Bonchev–Trinajstić information content (AvgIpc) is 1.63. The Bertz CT molecular complexity index is 155. The van der Waals surface area contributed by atoms with Crippen LogP contribution in [0.2, 0.25) is 0 Å². The van der Waals surface area contributed by atoms with Gasteiger partial charge in [0.1, 0.15) is 10.7 Å². The summed E-state index contributed by atoms with van der Waals surface area (Å²) in [6.07, 6.45) is 0.497. The first kappa shape index (κ1) is 8.42. The fourth-order valence-corrected chi connectivity index (χ4v) is 0.799. The number of thiol groups is 1. The second-order valence-electron chi connectivity index (χ2n) is 1.63. The van der Waals surface area contributed by atoms with Crippen molar-refractivity contribution in [2.45, 2.75) is 12.8 Å². The van der Waals surface area contributed by atoms with Crippen LogP contribution in [0.3, 0.4) is 0 Å². The van der Waals surface area contributed by atoms with Gasteiger partial charge in [-0.2, -0.15) is 0 Å². The van der Waals surface area contributed by atoms with Gasteiger partial charge < -0.3 is 5.73 Å². The SMILES string of the molecule is NC(=O)CCC[SH](=O)=O. The summed E-state index contributed by atoms with van der Waals surface area (Å²) in [4.78, 5) is 10.0. The Kier molecular flexibility index (Phi) is 4.04. The Hall–Kier alpha value is -0.580. The van der Waals surface area contributed by atoms with Gasteiger partial charge in [0.05, 0.1) is 0 Å². The first-order valence-electron chi connectivity index (χ1n) is 2.53. The molecule has 54 valence electrons. The number of carbonyl (C=O) groups is 1. The maximum Gasteiger partial charge on any atom is 0.217 e. The Balaban J connectivity index is 3.21. The Morgan fingerprint density at radius 1 is 1.44 bits per heavy atom. The molecule has 0 fully saturated rings. The van der Waals surface area contributed by atoms with E-state index in [2.05, 4.69) is 0 Å². The van der Waals surface area contributed by atoms with Crippen LogP contribution in [0.25, 0.3) is 0 Å². The van der Waals surface area contributed by atoms with Gasteiger partial charge in [0.15, 0.2) is 0 Å². The highest BCUT2D eigenvalue weighted by Gasteiger charge is 1.93. The summed E-state index contributed by atoms with van der Waals surface area (Å²) in [6, 6.07) is 0. The molecule has 0 bridgehead atoms. The summed E-state index contributed by atoms with van der Waals surface area (Å²) < 4.78 is 19.7. The smallest absolute Gasteiger partial charge is 0.217 e. The molecule has 0 aromatic carbocycles. The van der Waals surface area contributed by atoms with Crippen LogP contribution in [0.5, 0.6) is 0 Å². The van der Waals surface area contributed by atoms with Crippen molar-refractivity contribution in [2.24, 2.45) is 5.73 Å². The van der Waals surface area contributed by atoms with E-state index in [1.165, 1.54) is 0 Å². The van der Waals surface area contributed by atoms with Crippen molar-refractivity contribution < 1.29 is 13.2 Å². The third-order valence-electron chi connectivity index (χ3n) is 0.764. The summed E-state index contributed by atoms with van der Waals surface area (Å²) >= 11 is 0. The van der Waals surface area contributed by atoms with Gasteiger partial charge in [-0.05, 0) is 6.42 Å². The lowest BCUT2D eigenvalue weighted by atomic mass is 10.3. The zero-order valence-electron chi connectivity index (χ0n) is 4.87. The lowest BCUT2D eigenvalue weighted by Gasteiger charge is -1.87. The molecule has 0 aromatic rings. The first-order valence-corrected chi connectivity index (χ1v) is 3.89. The second kappa shape index (κ2) is 4.31. The third-order valence-corrected chi connectivity index (χ3v) is 1.45. The van der Waals surface area contributed by atoms with E-state index >= 15 is 0 Å². The average molecular weight is 151 g/mol. The quantitative estimate of drug-likeness (QED) is 0.499. The minimum atomic E-state index is -2.34. The molecule has 0 saturated heterocycles. The van der Waals surface area contributed by atoms with Gasteiger partial charge in [0, 0.05) is 12.2 Å². The normalized spacial score (nSPS) is 9.89. The van der Waals surface area contributed by atoms with E-state index in [0.29, 0.717) is 6.42 Å². The molecule has 0 radical (unpaired) electrons. The van der Waals surface area contributed by atoms with Gasteiger partial charge in [-0.15, -0.1) is 0 Å². The molecule has 0 saturated carbocycles. The highest BCUT2D eigenvalue weighted by molar-refractivity contribution is 7.72. The van der Waals surface area contributed by atoms with Gasteiger partial charge in [0.2, 0.25) is 5.91 Å². The zero-order valence-corrected chi connectivity index (χ0v) is 5.77. The van der Waals surface area contributed by atoms with Crippen LogP contribution in [0.1, 0.15) is 12.8 Å². The number of hydrogen-bond acceptors (Lipinski definition) is 3. The van der Waals surface area contributed by atoms with E-state index in [1.807, 2.05) is 0 Å². The summed E-state index contributed by atoms with van der Waals surface area (Å²) in [7, 11) is -2.34. The molecule has 1 amide bonds. The number of primary amides is 1. The largest absolute Gasteiger partial charge is 0.370 e. The number of rotatable bonds is 4. The standard InChI is InChI=1S/C4H9NO3S/c5-4(6)2-1-3-9(7)8/h9H,1-3H2,(H2,5,6). The van der Waals surface area contributed by atoms with Crippen molar-refractivity contribution in [3.05, 3.63) is 0 Å². The first-order chi connectivity index (χ1) is 4.13. The molecule has 0 spiro atoms. The Labute approximate surface area is 55.0 Å². The maximum atomic E-state index is 10.0. The summed E-state index contributed by atoms with van der Waals surface area (Å²) in [5.74, 6) is -0.398. The van der Waals surface area contributed by atoms with Crippen LogP contribution < -0.4 is 5.73 Å². The van der Waals surface area contributed by atoms with Crippen LogP contribution in [-0.4, -0.2) is 20.1 Å². The third kappa shape index (κ3) is 7.42. The van der Waals surface area contributed by atoms with E-state index in [9.17, 15) is 13.2 Å². The van der Waals surface area contributed by atoms with Gasteiger partial charge in [-0.3, -0.25) is 4.79 Å². The van der Waals surface area contributed by atoms with Crippen LogP contribution in [-0.2, 0) is 15.5 Å². The molecule has 2 N–H and O–H groups in total. The van der Waals surface area contributed by atoms with E-state index in [1.54, 1.807) is 0 Å². The lowest BCUT2D eigenvalue weighted by Crippen LogP contribution is -2.10. The molecule has 0 aliphatic heterocycles. The Morgan fingerprint density at radius 2 is 2.00 bits per heavy atom. The molecule has 9 heavy (non-hydrogen) atoms. The molecule has 5 heteroatoms. The zero-order chi connectivity index (χ0) is 7.28. The maximum absolute atomic E-state index is 10.0. The summed E-state index contributed by atoms with van der Waals surface area (Å²) in [5.41, 5.74) is 4.74. The van der Waals surface area contributed by atoms with Gasteiger partial charge in [0.25, 0.3) is 0 Å². The van der Waals surface area contributed by atoms with Crippen LogP contribution >= 0.6 is 0 Å². The van der Waals surface area contributed by atoms with Gasteiger partial charge in [-0.25, -0.2) is 8.42 Å². The van der Waals surface area contributed by atoms with E-state index < -0.39 is 16.6 Å². The van der Waals surface area contributed by atoms with E-state index in [0.717, 1.165) is 0 Å². The second-order valence-corrected chi connectivity index (χ2v) is 2.74. The molecule has 0 heterocycles. The molecule has 4 nitrogen and oxygen atoms in total. The van der Waals surface area contributed by atoms with Gasteiger partial charge >= 0.3 is 0 Å². The van der Waals surface area contributed by atoms with Crippen molar-refractivity contribution in [3.63, 3.8) is 0 Å². The molecular weight excluding hydrogens is 142 g/mol. The number of amides is 1. The van der Waals surface area contributed by atoms with Crippen molar-refractivity contribution in [1.82, 2.24) is 0 Å². The van der Waals surface area contributed by atoms with E-state index in [-0.39, 0.29) is 12.2 Å². The summed E-state index contributed by atoms with van der Waals surface area (Å²) in [5, 5.41) is 0. The number of carbonyl (C=O) groups excluding carboxylic acids is 1. The fourth-order valence-electron chi connectivity index (χ4n) is 0.382. The van der Waals surface area contributed by atoms with Crippen molar-refractivity contribution in [3.8, 4) is 0 Å². The van der Waals surface area contributed by atoms with Crippen molar-refractivity contribution in [2.75, 3.05) is 5.75 Å². The molecule has 0 atom stereocenters. The fraction of sp³-hybridized carbons (Fsp3) is 0.750. The highest BCUT2D eigenvalue weighted by atomic mass is 32.2. The van der Waals surface area contributed by atoms with Crippen molar-refractivity contribution >= 4 is 16.6 Å². The van der Waals surface area contributed by atoms with Crippen molar-refractivity contribution in [1.29, 1.82) is 0 Å². The van der Waals surface area contributed by atoms with Crippen LogP contribution in [0, 0.1) is 0 Å². The predicted molar refractivity (Wildman–Crippen MR) is 33.6 cm³/mol. The minimum absolute atomic E-state index is 0.0538. The molecule has 0 aromatic heterocycles. The number of nitrogens with two attached hydrogens (primary N) is 1. The van der Waals surface area contributed by atoms with Crippen LogP contribution in [0.4, 0.5) is 0 Å². The molecule has 0 aliphatic rings. The van der Waals surface area contributed by atoms with Crippen LogP contribution in [0.15, 0.2) is 0 Å². The molecule has 0 unspecified atom stereocenters.